The van der Waals surface area contributed by atoms with E-state index in [0.717, 1.165) is 11.1 Å². The van der Waals surface area contributed by atoms with Crippen LogP contribution in [0.1, 0.15) is 49.1 Å². The maximum atomic E-state index is 12.8. The van der Waals surface area contributed by atoms with Crippen LogP contribution in [0.3, 0.4) is 0 Å². The Balaban J connectivity index is 1.91. The van der Waals surface area contributed by atoms with E-state index in [0.29, 0.717) is 23.6 Å². The number of ether oxygens (including phenoxy) is 2. The Kier molecular flexibility index (Phi) is 7.00. The number of benzene rings is 2. The van der Waals surface area contributed by atoms with Gasteiger partial charge >= 0.3 is 12.0 Å². The van der Waals surface area contributed by atoms with Crippen molar-refractivity contribution in [1.29, 1.82) is 0 Å². The molecule has 1 heterocycles. The van der Waals surface area contributed by atoms with Crippen LogP contribution >= 0.6 is 0 Å². The summed E-state index contributed by atoms with van der Waals surface area (Å²) >= 11 is 0. The molecule has 3 rings (SSSR count). The molecule has 0 spiro atoms. The van der Waals surface area contributed by atoms with Crippen LogP contribution in [0, 0.1) is 19.8 Å². The number of amides is 2. The number of nitrogens with one attached hydrogen (secondary N) is 2. The van der Waals surface area contributed by atoms with Gasteiger partial charge in [0.2, 0.25) is 0 Å². The lowest BCUT2D eigenvalue weighted by atomic mass is 9.91. The van der Waals surface area contributed by atoms with Crippen molar-refractivity contribution < 1.29 is 19.1 Å². The molecule has 1 atom stereocenters. The number of carbonyl (C=O) groups is 2. The minimum Gasteiger partial charge on any atom is -0.489 e. The highest BCUT2D eigenvalue weighted by atomic mass is 16.5. The summed E-state index contributed by atoms with van der Waals surface area (Å²) in [5.41, 5.74) is 5.23. The molecule has 1 aliphatic rings. The molecule has 1 unspecified atom stereocenters. The summed E-state index contributed by atoms with van der Waals surface area (Å²) in [7, 11) is 0. The molecule has 2 N–H and O–H groups in total. The number of hydrogen-bond donors (Lipinski definition) is 2. The van der Waals surface area contributed by atoms with Crippen molar-refractivity contribution in [3.05, 3.63) is 76.0 Å². The Bertz CT molecular complexity index is 1010. The second-order valence-corrected chi connectivity index (χ2v) is 8.03. The first kappa shape index (κ1) is 22.4. The monoisotopic (exact) mass is 422 g/mol. The first-order chi connectivity index (χ1) is 14.8. The number of carbonyl (C=O) groups excluding carboxylic acids is 2. The average Bonchev–Trinajstić information content (AvgIpc) is 2.74. The van der Waals surface area contributed by atoms with Crippen LogP contribution in [0.15, 0.2) is 53.7 Å². The van der Waals surface area contributed by atoms with E-state index in [2.05, 4.69) is 42.7 Å². The summed E-state index contributed by atoms with van der Waals surface area (Å²) in [5.74, 6) is 0.183. The van der Waals surface area contributed by atoms with Crippen molar-refractivity contribution in [2.75, 3.05) is 6.61 Å². The highest BCUT2D eigenvalue weighted by molar-refractivity contribution is 5.95. The predicted molar refractivity (Wildman–Crippen MR) is 120 cm³/mol. The Labute approximate surface area is 183 Å². The predicted octanol–water partition coefficient (Wildman–Crippen LogP) is 4.71. The lowest BCUT2D eigenvalue weighted by Crippen LogP contribution is -2.47. The second-order valence-electron chi connectivity index (χ2n) is 8.03. The highest BCUT2D eigenvalue weighted by Crippen LogP contribution is 2.32. The van der Waals surface area contributed by atoms with Crippen LogP contribution in [0.4, 0.5) is 4.79 Å². The van der Waals surface area contributed by atoms with Crippen LogP contribution in [0.2, 0.25) is 0 Å². The van der Waals surface area contributed by atoms with Crippen molar-refractivity contribution in [3.8, 4) is 5.75 Å². The third kappa shape index (κ3) is 5.26. The fourth-order valence-electron chi connectivity index (χ4n) is 3.63. The van der Waals surface area contributed by atoms with Gasteiger partial charge in [-0.2, -0.15) is 0 Å². The second kappa shape index (κ2) is 9.69. The molecule has 31 heavy (non-hydrogen) atoms. The molecule has 0 aromatic heterocycles. The molecule has 2 aromatic carbocycles. The van der Waals surface area contributed by atoms with Gasteiger partial charge in [-0.15, -0.1) is 0 Å². The van der Waals surface area contributed by atoms with Crippen LogP contribution in [0.5, 0.6) is 5.75 Å². The molecule has 6 nitrogen and oxygen atoms in total. The van der Waals surface area contributed by atoms with Gasteiger partial charge in [0, 0.05) is 5.70 Å². The number of hydrogen-bond acceptors (Lipinski definition) is 4. The zero-order chi connectivity index (χ0) is 22.5. The van der Waals surface area contributed by atoms with Crippen LogP contribution < -0.4 is 15.4 Å². The van der Waals surface area contributed by atoms with Crippen molar-refractivity contribution in [2.45, 2.75) is 47.3 Å². The smallest absolute Gasteiger partial charge is 0.338 e. The van der Waals surface area contributed by atoms with Crippen molar-refractivity contribution in [1.82, 2.24) is 10.6 Å². The minimum atomic E-state index is -0.616. The van der Waals surface area contributed by atoms with Gasteiger partial charge in [-0.1, -0.05) is 49.7 Å². The van der Waals surface area contributed by atoms with E-state index in [-0.39, 0.29) is 18.6 Å². The van der Waals surface area contributed by atoms with Gasteiger partial charge in [-0.3, -0.25) is 0 Å². The van der Waals surface area contributed by atoms with E-state index >= 15 is 0 Å². The Hall–Kier alpha value is -3.28. The summed E-state index contributed by atoms with van der Waals surface area (Å²) in [5, 5.41) is 5.64. The fourth-order valence-corrected chi connectivity index (χ4v) is 3.63. The first-order valence-corrected chi connectivity index (χ1v) is 10.6. The zero-order valence-electron chi connectivity index (χ0n) is 18.7. The summed E-state index contributed by atoms with van der Waals surface area (Å²) < 4.78 is 11.3. The van der Waals surface area contributed by atoms with E-state index < -0.39 is 12.0 Å². The van der Waals surface area contributed by atoms with E-state index in [1.54, 1.807) is 6.92 Å². The maximum Gasteiger partial charge on any atom is 0.338 e. The van der Waals surface area contributed by atoms with E-state index in [1.165, 1.54) is 11.1 Å². The van der Waals surface area contributed by atoms with Gasteiger partial charge in [-0.05, 0) is 55.5 Å². The lowest BCUT2D eigenvalue weighted by Gasteiger charge is -2.31. The molecule has 0 saturated heterocycles. The van der Waals surface area contributed by atoms with Gasteiger partial charge in [-0.25, -0.2) is 9.59 Å². The molecular weight excluding hydrogens is 392 g/mol. The third-order valence-electron chi connectivity index (χ3n) is 5.27. The molecule has 1 aliphatic heterocycles. The third-order valence-corrected chi connectivity index (χ3v) is 5.27. The Morgan fingerprint density at radius 1 is 1.13 bits per heavy atom. The SMILES string of the molecule is CCOC(=O)C1=C(C(C)C)NC(=O)NC1c1cccc(OCc2cc(C)ccc2C)c1. The Morgan fingerprint density at radius 3 is 2.61 bits per heavy atom. The molecule has 0 saturated carbocycles. The van der Waals surface area contributed by atoms with Crippen molar-refractivity contribution in [3.63, 3.8) is 0 Å². The molecule has 0 fully saturated rings. The zero-order valence-corrected chi connectivity index (χ0v) is 18.7. The number of allylic oxidation sites excluding steroid dienone is 1. The van der Waals surface area contributed by atoms with E-state index in [4.69, 9.17) is 9.47 Å². The maximum absolute atomic E-state index is 12.8. The number of aryl methyl sites for hydroxylation is 2. The van der Waals surface area contributed by atoms with Gasteiger partial charge in [0.1, 0.15) is 12.4 Å². The molecular formula is C25H30N2O4. The number of esters is 1. The van der Waals surface area contributed by atoms with Crippen molar-refractivity contribution in [2.24, 2.45) is 5.92 Å². The molecule has 2 amide bonds. The summed E-state index contributed by atoms with van der Waals surface area (Å²) in [6, 6.07) is 12.8. The summed E-state index contributed by atoms with van der Waals surface area (Å²) in [6.07, 6.45) is 0. The first-order valence-electron chi connectivity index (χ1n) is 10.6. The summed E-state index contributed by atoms with van der Waals surface area (Å²) in [6.45, 7) is 10.4. The van der Waals surface area contributed by atoms with Crippen LogP contribution in [-0.2, 0) is 16.1 Å². The fraction of sp³-hybridized carbons (Fsp3) is 0.360. The topological polar surface area (TPSA) is 76.7 Å². The van der Waals surface area contributed by atoms with Gasteiger partial charge in [0.15, 0.2) is 0 Å². The molecule has 164 valence electrons. The van der Waals surface area contributed by atoms with Crippen molar-refractivity contribution >= 4 is 12.0 Å². The average molecular weight is 423 g/mol. The summed E-state index contributed by atoms with van der Waals surface area (Å²) in [4.78, 5) is 25.1. The number of urea groups is 1. The lowest BCUT2D eigenvalue weighted by molar-refractivity contribution is -0.139. The van der Waals surface area contributed by atoms with E-state index in [9.17, 15) is 9.59 Å². The molecule has 0 bridgehead atoms. The van der Waals surface area contributed by atoms with Crippen LogP contribution in [-0.4, -0.2) is 18.6 Å². The molecule has 0 aliphatic carbocycles. The quantitative estimate of drug-likeness (QED) is 0.634. The standard InChI is InChI=1S/C25H30N2O4/c1-6-30-24(28)21-22(15(2)3)26-25(29)27-23(21)18-8-7-9-20(13-18)31-14-19-12-16(4)10-11-17(19)5/h7-13,15,23H,6,14H2,1-5H3,(H2,26,27,29). The van der Waals surface area contributed by atoms with Gasteiger partial charge < -0.3 is 20.1 Å². The van der Waals surface area contributed by atoms with Crippen LogP contribution in [0.25, 0.3) is 0 Å². The normalized spacial score (nSPS) is 16.1. The Morgan fingerprint density at radius 2 is 1.90 bits per heavy atom. The molecule has 0 radical (unpaired) electrons. The highest BCUT2D eigenvalue weighted by Gasteiger charge is 2.34. The van der Waals surface area contributed by atoms with E-state index in [1.807, 2.05) is 38.1 Å². The van der Waals surface area contributed by atoms with Gasteiger partial charge in [0.05, 0.1) is 18.2 Å². The largest absolute Gasteiger partial charge is 0.489 e. The minimum absolute atomic E-state index is 0.0447. The van der Waals surface area contributed by atoms with Gasteiger partial charge in [0.25, 0.3) is 0 Å². The number of rotatable bonds is 7. The molecule has 6 heteroatoms. The molecule has 2 aromatic rings.